The van der Waals surface area contributed by atoms with Crippen LogP contribution in [0.5, 0.6) is 5.75 Å². The number of hydrogen-bond donors (Lipinski definition) is 0. The molecule has 1 aromatic heterocycles. The van der Waals surface area contributed by atoms with Crippen LogP contribution >= 0.6 is 0 Å². The lowest BCUT2D eigenvalue weighted by Gasteiger charge is -2.37. The Hall–Kier alpha value is -1.83. The summed E-state index contributed by atoms with van der Waals surface area (Å²) in [5.74, 6) is 0.824. The molecular weight excluding hydrogens is 395 g/mol. The number of aromatic nitrogens is 1. The molecule has 0 bridgehead atoms. The monoisotopic (exact) mass is 425 g/mol. The summed E-state index contributed by atoms with van der Waals surface area (Å²) in [6, 6.07) is 2.04. The number of rotatable bonds is 6. The molecule has 3 aliphatic rings. The molecule has 5 nitrogen and oxygen atoms in total. The molecule has 0 radical (unpaired) electrons. The number of ketones is 1. The quantitative estimate of drug-likeness (QED) is 0.693. The van der Waals surface area contributed by atoms with Crippen molar-refractivity contribution in [3.8, 4) is 5.75 Å². The number of carbonyl (C=O) groups is 1. The first-order chi connectivity index (χ1) is 14.4. The van der Waals surface area contributed by atoms with Crippen LogP contribution in [0.4, 0.5) is 19.0 Å². The zero-order chi connectivity index (χ0) is 21.1. The first-order valence-electron chi connectivity index (χ1n) is 11.1. The molecule has 3 heterocycles. The molecule has 0 unspecified atom stereocenters. The van der Waals surface area contributed by atoms with Crippen LogP contribution in [-0.4, -0.2) is 61.2 Å². The van der Waals surface area contributed by atoms with Gasteiger partial charge in [0.1, 0.15) is 0 Å². The number of halogens is 3. The summed E-state index contributed by atoms with van der Waals surface area (Å²) in [7, 11) is 0. The van der Waals surface area contributed by atoms with E-state index in [-0.39, 0.29) is 12.3 Å². The van der Waals surface area contributed by atoms with E-state index >= 15 is 0 Å². The van der Waals surface area contributed by atoms with Gasteiger partial charge in [0.25, 0.3) is 0 Å². The van der Waals surface area contributed by atoms with Gasteiger partial charge in [-0.05, 0) is 43.7 Å². The topological polar surface area (TPSA) is 45.7 Å². The first kappa shape index (κ1) is 21.4. The van der Waals surface area contributed by atoms with Crippen LogP contribution in [-0.2, 0) is 11.2 Å². The third kappa shape index (κ3) is 5.07. The number of alkyl halides is 3. The van der Waals surface area contributed by atoms with E-state index in [0.29, 0.717) is 5.92 Å². The molecule has 0 spiro atoms. The van der Waals surface area contributed by atoms with Crippen molar-refractivity contribution in [3.05, 3.63) is 17.8 Å². The number of nitrogens with zero attached hydrogens (tertiary/aromatic N) is 3. The molecule has 4 rings (SSSR count). The Morgan fingerprint density at radius 2 is 1.80 bits per heavy atom. The Balaban J connectivity index is 1.17. The Morgan fingerprint density at radius 1 is 1.10 bits per heavy atom. The van der Waals surface area contributed by atoms with E-state index in [1.807, 2.05) is 12.3 Å². The van der Waals surface area contributed by atoms with Crippen LogP contribution in [0.2, 0.25) is 0 Å². The van der Waals surface area contributed by atoms with Gasteiger partial charge >= 0.3 is 6.18 Å². The van der Waals surface area contributed by atoms with E-state index < -0.39 is 12.0 Å². The second kappa shape index (κ2) is 9.12. The highest BCUT2D eigenvalue weighted by molar-refractivity contribution is 5.84. The zero-order valence-corrected chi connectivity index (χ0v) is 17.3. The van der Waals surface area contributed by atoms with Crippen LogP contribution < -0.4 is 9.64 Å². The van der Waals surface area contributed by atoms with Gasteiger partial charge in [-0.1, -0.05) is 12.8 Å². The molecular formula is C22H30F3N3O2. The molecule has 30 heavy (non-hydrogen) atoms. The van der Waals surface area contributed by atoms with Crippen LogP contribution in [0.15, 0.2) is 12.3 Å². The molecule has 1 aliphatic carbocycles. The van der Waals surface area contributed by atoms with Crippen molar-refractivity contribution in [2.45, 2.75) is 51.1 Å². The predicted molar refractivity (Wildman–Crippen MR) is 108 cm³/mol. The fourth-order valence-electron chi connectivity index (χ4n) is 4.97. The lowest BCUT2D eigenvalue weighted by Crippen LogP contribution is -2.47. The Labute approximate surface area is 175 Å². The minimum Gasteiger partial charge on any atom is -0.489 e. The Kier molecular flexibility index (Phi) is 6.51. The van der Waals surface area contributed by atoms with Crippen LogP contribution in [0.1, 0.15) is 44.1 Å². The third-order valence-electron chi connectivity index (χ3n) is 6.87. The minimum atomic E-state index is -4.68. The van der Waals surface area contributed by atoms with Crippen LogP contribution in [0, 0.1) is 11.8 Å². The maximum atomic E-state index is 12.4. The van der Waals surface area contributed by atoms with Gasteiger partial charge in [0.2, 0.25) is 5.78 Å². The number of carbonyl (C=O) groups excluding carboxylic acids is 1. The lowest BCUT2D eigenvalue weighted by molar-refractivity contribution is -0.172. The maximum absolute atomic E-state index is 12.4. The van der Waals surface area contributed by atoms with Gasteiger partial charge in [-0.2, -0.15) is 13.2 Å². The summed E-state index contributed by atoms with van der Waals surface area (Å²) in [6.45, 7) is 5.60. The minimum absolute atomic E-state index is 0.0961. The first-order valence-corrected chi connectivity index (χ1v) is 11.1. The summed E-state index contributed by atoms with van der Waals surface area (Å²) in [4.78, 5) is 20.5. The van der Waals surface area contributed by atoms with Crippen molar-refractivity contribution in [2.24, 2.45) is 11.8 Å². The Bertz CT molecular complexity index is 740. The molecule has 0 amide bonds. The highest BCUT2D eigenvalue weighted by Gasteiger charge is 2.39. The summed E-state index contributed by atoms with van der Waals surface area (Å²) >= 11 is 0. The van der Waals surface area contributed by atoms with Gasteiger partial charge in [0, 0.05) is 50.8 Å². The number of ether oxygens (including phenoxy) is 1. The molecule has 1 saturated carbocycles. The van der Waals surface area contributed by atoms with Crippen molar-refractivity contribution in [1.29, 1.82) is 0 Å². The largest absolute Gasteiger partial charge is 0.489 e. The van der Waals surface area contributed by atoms with E-state index in [1.165, 1.54) is 5.56 Å². The lowest BCUT2D eigenvalue weighted by atomic mass is 9.78. The smallest absolute Gasteiger partial charge is 0.449 e. The van der Waals surface area contributed by atoms with Crippen molar-refractivity contribution < 1.29 is 22.7 Å². The average molecular weight is 425 g/mol. The second-order valence-corrected chi connectivity index (χ2v) is 8.85. The normalized spacial score (nSPS) is 25.1. The molecule has 8 heteroatoms. The van der Waals surface area contributed by atoms with Gasteiger partial charge in [0.15, 0.2) is 11.6 Å². The second-order valence-electron chi connectivity index (χ2n) is 8.85. The number of hydrogen-bond acceptors (Lipinski definition) is 5. The van der Waals surface area contributed by atoms with Crippen LogP contribution in [0.25, 0.3) is 0 Å². The molecule has 0 N–H and O–H groups in total. The molecule has 1 aromatic rings. The molecule has 2 fully saturated rings. The van der Waals surface area contributed by atoms with Gasteiger partial charge in [-0.25, -0.2) is 4.98 Å². The summed E-state index contributed by atoms with van der Waals surface area (Å²) < 4.78 is 43.1. The number of piperazine rings is 1. The average Bonchev–Trinajstić information content (AvgIpc) is 3.22. The highest BCUT2D eigenvalue weighted by atomic mass is 19.4. The van der Waals surface area contributed by atoms with E-state index in [4.69, 9.17) is 4.74 Å². The van der Waals surface area contributed by atoms with Crippen molar-refractivity contribution in [1.82, 2.24) is 9.88 Å². The number of anilines is 1. The summed E-state index contributed by atoms with van der Waals surface area (Å²) in [5.41, 5.74) is 1.25. The maximum Gasteiger partial charge on any atom is 0.449 e. The van der Waals surface area contributed by atoms with E-state index in [1.54, 1.807) is 0 Å². The number of Topliss-reactive ketones (excluding diaryl/α,β-unsaturated/α-hetero) is 1. The molecule has 0 aromatic carbocycles. The highest BCUT2D eigenvalue weighted by Crippen LogP contribution is 2.36. The van der Waals surface area contributed by atoms with Gasteiger partial charge in [-0.15, -0.1) is 0 Å². The zero-order valence-electron chi connectivity index (χ0n) is 17.3. The van der Waals surface area contributed by atoms with Gasteiger partial charge < -0.3 is 9.64 Å². The van der Waals surface area contributed by atoms with E-state index in [0.717, 1.165) is 89.4 Å². The molecule has 0 atom stereocenters. The summed E-state index contributed by atoms with van der Waals surface area (Å²) in [6.07, 6.45) is 2.25. The number of fused-ring (bicyclic) bond motifs is 1. The Morgan fingerprint density at radius 3 is 2.50 bits per heavy atom. The standard InChI is InChI=1S/C22H30F3N3O2/c23-22(24,25)19(29)15-17-3-1-16(2-4-17)6-9-27-10-12-28(13-11-27)21-20-18(5-8-26-21)7-14-30-20/h5,8,16-17H,1-4,6-7,9-15H2. The third-order valence-corrected chi connectivity index (χ3v) is 6.87. The van der Waals surface area contributed by atoms with Gasteiger partial charge in [0.05, 0.1) is 6.61 Å². The molecule has 1 saturated heterocycles. The predicted octanol–water partition coefficient (Wildman–Crippen LogP) is 3.86. The van der Waals surface area contributed by atoms with Crippen molar-refractivity contribution >= 4 is 11.6 Å². The fourth-order valence-corrected chi connectivity index (χ4v) is 4.97. The molecule has 2 aliphatic heterocycles. The van der Waals surface area contributed by atoms with Crippen molar-refractivity contribution in [3.63, 3.8) is 0 Å². The van der Waals surface area contributed by atoms with E-state index in [2.05, 4.69) is 14.8 Å². The van der Waals surface area contributed by atoms with Gasteiger partial charge in [-0.3, -0.25) is 9.69 Å². The van der Waals surface area contributed by atoms with Crippen LogP contribution in [0.3, 0.4) is 0 Å². The van der Waals surface area contributed by atoms with E-state index in [9.17, 15) is 18.0 Å². The SMILES string of the molecule is O=C(CC1CCC(CCN2CCN(c3nccc4c3OCC4)CC2)CC1)C(F)(F)F. The molecule has 166 valence electrons. The summed E-state index contributed by atoms with van der Waals surface area (Å²) in [5, 5.41) is 0. The number of pyridine rings is 1. The van der Waals surface area contributed by atoms with Crippen molar-refractivity contribution in [2.75, 3.05) is 44.2 Å². The fraction of sp³-hybridized carbons (Fsp3) is 0.727.